The Kier molecular flexibility index (Phi) is 3.25. The fourth-order valence-corrected chi connectivity index (χ4v) is 9.31. The maximum Gasteiger partial charge on any atom is 0.161 e. The lowest BCUT2D eigenvalue weighted by Gasteiger charge is -2.39. The number of hydrogen-bond donors (Lipinski definition) is 0. The average Bonchev–Trinajstić information content (AvgIpc) is 3.33. The number of hydrogen-bond acceptors (Lipinski definition) is 3. The van der Waals surface area contributed by atoms with Gasteiger partial charge in [-0.15, -0.1) is 0 Å². The molecule has 2 aliphatic heterocycles. The fourth-order valence-electron chi connectivity index (χ4n) is 9.31. The standard InChI is InChI=1S/C24H38O3/c1-21(2)15-7-9-23(21,5)19-13(15)11-17(26-19)25-18-12-14-16-8-10-24(6,20(14)27-18)22(16,3)4/h13-20H,7-12H2,1-6H3/t13-,14-,15-,16+,17+,18+,19+,20+,23+,24-/m0/s1. The van der Waals surface area contributed by atoms with Crippen molar-refractivity contribution < 1.29 is 14.2 Å². The minimum absolute atomic E-state index is 0.0432. The normalized spacial score (nSPS) is 61.6. The van der Waals surface area contributed by atoms with E-state index in [0.717, 1.165) is 24.7 Å². The molecule has 0 amide bonds. The first-order valence-corrected chi connectivity index (χ1v) is 11.6. The molecule has 4 saturated carbocycles. The quantitative estimate of drug-likeness (QED) is 0.650. The molecule has 10 atom stereocenters. The Balaban J connectivity index is 1.15. The first-order chi connectivity index (χ1) is 12.6. The van der Waals surface area contributed by atoms with Gasteiger partial charge in [0.2, 0.25) is 0 Å². The van der Waals surface area contributed by atoms with Crippen molar-refractivity contribution in [2.75, 3.05) is 0 Å². The maximum absolute atomic E-state index is 6.58. The van der Waals surface area contributed by atoms with Gasteiger partial charge in [-0.3, -0.25) is 0 Å². The molecule has 6 rings (SSSR count). The number of rotatable bonds is 2. The Morgan fingerprint density at radius 3 is 1.44 bits per heavy atom. The lowest BCUT2D eigenvalue weighted by atomic mass is 9.70. The lowest BCUT2D eigenvalue weighted by molar-refractivity contribution is -0.252. The van der Waals surface area contributed by atoms with Crippen LogP contribution in [0.2, 0.25) is 0 Å². The summed E-state index contributed by atoms with van der Waals surface area (Å²) in [6, 6.07) is 0. The topological polar surface area (TPSA) is 27.7 Å². The van der Waals surface area contributed by atoms with Crippen LogP contribution in [0.1, 0.15) is 80.1 Å². The van der Waals surface area contributed by atoms with Crippen LogP contribution in [0.4, 0.5) is 0 Å². The second-order valence-corrected chi connectivity index (χ2v) is 12.5. The Bertz CT molecular complexity index is 615. The highest BCUT2D eigenvalue weighted by Crippen LogP contribution is 2.72. The van der Waals surface area contributed by atoms with Gasteiger partial charge < -0.3 is 14.2 Å². The van der Waals surface area contributed by atoms with E-state index in [1.54, 1.807) is 0 Å². The summed E-state index contributed by atoms with van der Waals surface area (Å²) >= 11 is 0. The van der Waals surface area contributed by atoms with Gasteiger partial charge in [-0.05, 0) is 71.0 Å². The highest BCUT2D eigenvalue weighted by molar-refractivity contribution is 5.18. The van der Waals surface area contributed by atoms with Crippen LogP contribution in [0.25, 0.3) is 0 Å². The van der Waals surface area contributed by atoms with Crippen LogP contribution < -0.4 is 0 Å². The second kappa shape index (κ2) is 4.95. The van der Waals surface area contributed by atoms with Crippen molar-refractivity contribution in [1.29, 1.82) is 0 Å². The van der Waals surface area contributed by atoms with E-state index in [-0.39, 0.29) is 12.6 Å². The number of ether oxygens (including phenoxy) is 3. The smallest absolute Gasteiger partial charge is 0.161 e. The minimum atomic E-state index is -0.0432. The minimum Gasteiger partial charge on any atom is -0.348 e. The molecule has 0 aromatic heterocycles. The van der Waals surface area contributed by atoms with E-state index in [1.807, 2.05) is 0 Å². The van der Waals surface area contributed by atoms with Gasteiger partial charge in [-0.2, -0.15) is 0 Å². The molecule has 0 spiro atoms. The maximum atomic E-state index is 6.58. The Labute approximate surface area is 164 Å². The van der Waals surface area contributed by atoms with Crippen molar-refractivity contribution in [2.24, 2.45) is 45.3 Å². The van der Waals surface area contributed by atoms with Crippen molar-refractivity contribution in [1.82, 2.24) is 0 Å². The van der Waals surface area contributed by atoms with Crippen LogP contribution in [0.15, 0.2) is 0 Å². The van der Waals surface area contributed by atoms with Gasteiger partial charge >= 0.3 is 0 Å². The molecule has 6 aliphatic rings. The monoisotopic (exact) mass is 374 g/mol. The summed E-state index contributed by atoms with van der Waals surface area (Å²) in [5.74, 6) is 3.00. The van der Waals surface area contributed by atoms with E-state index < -0.39 is 0 Å². The van der Waals surface area contributed by atoms with E-state index in [0.29, 0.717) is 45.7 Å². The average molecular weight is 375 g/mol. The van der Waals surface area contributed by atoms with Crippen molar-refractivity contribution in [3.8, 4) is 0 Å². The van der Waals surface area contributed by atoms with Crippen molar-refractivity contribution in [2.45, 2.75) is 105 Å². The summed E-state index contributed by atoms with van der Waals surface area (Å²) in [4.78, 5) is 0. The van der Waals surface area contributed by atoms with E-state index >= 15 is 0 Å². The predicted octanol–water partition coefficient (Wildman–Crippen LogP) is 5.38. The third-order valence-electron chi connectivity index (χ3n) is 11.6. The second-order valence-electron chi connectivity index (χ2n) is 12.5. The molecule has 4 bridgehead atoms. The molecular formula is C24H38O3. The highest BCUT2D eigenvalue weighted by Gasteiger charge is 2.71. The third kappa shape index (κ3) is 1.83. The Morgan fingerprint density at radius 1 is 0.667 bits per heavy atom. The Morgan fingerprint density at radius 2 is 1.07 bits per heavy atom. The van der Waals surface area contributed by atoms with E-state index in [4.69, 9.17) is 14.2 Å². The Hall–Kier alpha value is -0.120. The van der Waals surface area contributed by atoms with E-state index in [9.17, 15) is 0 Å². The molecule has 0 N–H and O–H groups in total. The van der Waals surface area contributed by atoms with Crippen LogP contribution in [0, 0.1) is 45.3 Å². The highest BCUT2D eigenvalue weighted by atomic mass is 16.8. The molecular weight excluding hydrogens is 336 g/mol. The van der Waals surface area contributed by atoms with Gasteiger partial charge in [-0.1, -0.05) is 41.5 Å². The van der Waals surface area contributed by atoms with Crippen LogP contribution in [0.5, 0.6) is 0 Å². The largest absolute Gasteiger partial charge is 0.348 e. The summed E-state index contributed by atoms with van der Waals surface area (Å²) in [5.41, 5.74) is 1.47. The van der Waals surface area contributed by atoms with Gasteiger partial charge in [-0.25, -0.2) is 0 Å². The van der Waals surface area contributed by atoms with Crippen molar-refractivity contribution in [3.63, 3.8) is 0 Å². The van der Waals surface area contributed by atoms with Gasteiger partial charge in [0.1, 0.15) is 0 Å². The van der Waals surface area contributed by atoms with Crippen molar-refractivity contribution >= 4 is 0 Å². The molecule has 0 aromatic carbocycles. The zero-order valence-electron chi connectivity index (χ0n) is 18.1. The molecule has 0 unspecified atom stereocenters. The van der Waals surface area contributed by atoms with Gasteiger partial charge in [0.25, 0.3) is 0 Å². The van der Waals surface area contributed by atoms with Crippen LogP contribution in [0.3, 0.4) is 0 Å². The van der Waals surface area contributed by atoms with E-state index in [2.05, 4.69) is 41.5 Å². The molecule has 3 nitrogen and oxygen atoms in total. The zero-order valence-corrected chi connectivity index (χ0v) is 18.1. The molecule has 6 fully saturated rings. The third-order valence-corrected chi connectivity index (χ3v) is 11.6. The van der Waals surface area contributed by atoms with Crippen LogP contribution >= 0.6 is 0 Å². The van der Waals surface area contributed by atoms with Crippen LogP contribution in [-0.4, -0.2) is 24.8 Å². The summed E-state index contributed by atoms with van der Waals surface area (Å²) < 4.78 is 19.6. The zero-order chi connectivity index (χ0) is 19.0. The molecule has 2 heterocycles. The lowest BCUT2D eigenvalue weighted by Crippen LogP contribution is -2.39. The molecule has 27 heavy (non-hydrogen) atoms. The molecule has 0 radical (unpaired) electrons. The summed E-state index contributed by atoms with van der Waals surface area (Å²) in [6.07, 6.45) is 8.24. The molecule has 3 heteroatoms. The van der Waals surface area contributed by atoms with Gasteiger partial charge in [0.15, 0.2) is 12.6 Å². The molecule has 4 aliphatic carbocycles. The molecule has 152 valence electrons. The SMILES string of the molecule is CC1(C)[C@@H]2CC[C@@]1(C)[C@@H]1O[C@@H](O[C@H]3C[C@@H]4[C@@H](O3)[C@@]3(C)CC[C@@H]4C3(C)C)C[C@@H]21. The van der Waals surface area contributed by atoms with Crippen molar-refractivity contribution in [3.05, 3.63) is 0 Å². The predicted molar refractivity (Wildman–Crippen MR) is 104 cm³/mol. The summed E-state index contributed by atoms with van der Waals surface area (Å²) in [6.45, 7) is 14.8. The first-order valence-electron chi connectivity index (χ1n) is 11.6. The molecule has 0 aromatic rings. The van der Waals surface area contributed by atoms with Gasteiger partial charge in [0.05, 0.1) is 12.2 Å². The van der Waals surface area contributed by atoms with Crippen LogP contribution in [-0.2, 0) is 14.2 Å². The fraction of sp³-hybridized carbons (Fsp3) is 1.00. The number of fused-ring (bicyclic) bond motifs is 10. The van der Waals surface area contributed by atoms with E-state index in [1.165, 1.54) is 25.7 Å². The first kappa shape index (κ1) is 17.7. The summed E-state index contributed by atoms with van der Waals surface area (Å²) in [7, 11) is 0. The summed E-state index contributed by atoms with van der Waals surface area (Å²) in [5, 5.41) is 0. The molecule has 2 saturated heterocycles. The van der Waals surface area contributed by atoms with Gasteiger partial charge in [0, 0.05) is 12.8 Å².